The lowest BCUT2D eigenvalue weighted by molar-refractivity contribution is -0.120. The molecule has 1 saturated heterocycles. The molecule has 0 saturated carbocycles. The van der Waals surface area contributed by atoms with E-state index >= 15 is 0 Å². The Labute approximate surface area is 206 Å². The molecule has 0 bridgehead atoms. The normalized spacial score (nSPS) is 15.3. The third-order valence-electron chi connectivity index (χ3n) is 5.52. The molecule has 4 rings (SSSR count). The number of carbonyl (C=O) groups excluding carboxylic acids is 2. The zero-order valence-corrected chi connectivity index (χ0v) is 20.5. The summed E-state index contributed by atoms with van der Waals surface area (Å²) in [5, 5.41) is 5.22. The molecule has 1 fully saturated rings. The molecule has 33 heavy (non-hydrogen) atoms. The lowest BCUT2D eigenvalue weighted by atomic mass is 9.96. The van der Waals surface area contributed by atoms with Crippen LogP contribution in [0.15, 0.2) is 64.2 Å². The third kappa shape index (κ3) is 5.15. The predicted molar refractivity (Wildman–Crippen MR) is 131 cm³/mol. The minimum Gasteiger partial charge on any atom is -0.325 e. The zero-order chi connectivity index (χ0) is 23.6. The summed E-state index contributed by atoms with van der Waals surface area (Å²) in [7, 11) is -3.54. The van der Waals surface area contributed by atoms with Crippen LogP contribution in [-0.2, 0) is 14.8 Å². The Bertz CT molecular complexity index is 1290. The van der Waals surface area contributed by atoms with Crippen LogP contribution in [0.1, 0.15) is 28.8 Å². The summed E-state index contributed by atoms with van der Waals surface area (Å²) in [4.78, 5) is 26.1. The number of ketones is 1. The number of thiophene rings is 1. The first-order chi connectivity index (χ1) is 15.8. The second-order valence-electron chi connectivity index (χ2n) is 7.60. The van der Waals surface area contributed by atoms with Gasteiger partial charge < -0.3 is 5.32 Å². The number of sulfonamides is 1. The molecule has 10 heteroatoms. The first kappa shape index (κ1) is 23.9. The largest absolute Gasteiger partial charge is 0.325 e. The lowest BCUT2D eigenvalue weighted by Crippen LogP contribution is -2.41. The number of carbonyl (C=O) groups is 2. The topological polar surface area (TPSA) is 83.6 Å². The molecular weight excluding hydrogens is 503 g/mol. The van der Waals surface area contributed by atoms with E-state index < -0.39 is 10.0 Å². The molecule has 0 radical (unpaired) electrons. The maximum absolute atomic E-state index is 13.1. The van der Waals surface area contributed by atoms with E-state index in [1.54, 1.807) is 53.9 Å². The maximum atomic E-state index is 13.1. The Morgan fingerprint density at radius 2 is 1.70 bits per heavy atom. The number of benzene rings is 2. The molecule has 0 unspecified atom stereocenters. The van der Waals surface area contributed by atoms with Crippen molar-refractivity contribution >= 4 is 61.9 Å². The number of hydrogen-bond donors (Lipinski definition) is 1. The first-order valence-corrected chi connectivity index (χ1v) is 13.3. The summed E-state index contributed by atoms with van der Waals surface area (Å²) in [6.07, 6.45) is 0.773. The molecular formula is C23H20Cl2N2O4S2. The molecule has 0 spiro atoms. The van der Waals surface area contributed by atoms with Crippen LogP contribution in [0, 0.1) is 5.92 Å². The summed E-state index contributed by atoms with van der Waals surface area (Å²) >= 11 is 13.5. The van der Waals surface area contributed by atoms with E-state index in [1.807, 2.05) is 0 Å². The number of nitrogens with one attached hydrogen (secondary N) is 1. The van der Waals surface area contributed by atoms with Gasteiger partial charge in [-0.15, -0.1) is 11.3 Å². The number of rotatable bonds is 6. The molecule has 0 atom stereocenters. The summed E-state index contributed by atoms with van der Waals surface area (Å²) in [5.41, 5.74) is 0.883. The van der Waals surface area contributed by atoms with Crippen molar-refractivity contribution in [3.8, 4) is 0 Å². The molecule has 2 aromatic carbocycles. The van der Waals surface area contributed by atoms with Gasteiger partial charge in [0.1, 0.15) is 4.21 Å². The van der Waals surface area contributed by atoms with Gasteiger partial charge in [0.25, 0.3) is 10.0 Å². The van der Waals surface area contributed by atoms with Crippen LogP contribution >= 0.6 is 34.5 Å². The van der Waals surface area contributed by atoms with Crippen molar-refractivity contribution in [3.63, 3.8) is 0 Å². The Morgan fingerprint density at radius 3 is 2.36 bits per heavy atom. The molecule has 0 aliphatic carbocycles. The Balaban J connectivity index is 1.48. The molecule has 1 N–H and O–H groups in total. The van der Waals surface area contributed by atoms with Gasteiger partial charge in [0.2, 0.25) is 5.91 Å². The van der Waals surface area contributed by atoms with Gasteiger partial charge in [0.15, 0.2) is 5.78 Å². The number of amides is 1. The van der Waals surface area contributed by atoms with Crippen molar-refractivity contribution in [1.29, 1.82) is 0 Å². The molecule has 172 valence electrons. The Morgan fingerprint density at radius 1 is 0.970 bits per heavy atom. The fourth-order valence-electron chi connectivity index (χ4n) is 3.73. The van der Waals surface area contributed by atoms with E-state index in [0.717, 1.165) is 0 Å². The van der Waals surface area contributed by atoms with Gasteiger partial charge in [-0.25, -0.2) is 8.42 Å². The average molecular weight is 523 g/mol. The minimum absolute atomic E-state index is 0.238. The number of anilines is 1. The van der Waals surface area contributed by atoms with Crippen LogP contribution in [0.2, 0.25) is 10.0 Å². The van der Waals surface area contributed by atoms with Crippen molar-refractivity contribution in [2.45, 2.75) is 17.1 Å². The summed E-state index contributed by atoms with van der Waals surface area (Å²) in [5.74, 6) is -0.993. The smallest absolute Gasteiger partial charge is 0.252 e. The van der Waals surface area contributed by atoms with Crippen LogP contribution < -0.4 is 5.32 Å². The van der Waals surface area contributed by atoms with Gasteiger partial charge in [0.05, 0.1) is 10.7 Å². The Kier molecular flexibility index (Phi) is 7.21. The van der Waals surface area contributed by atoms with Gasteiger partial charge >= 0.3 is 0 Å². The molecule has 1 aliphatic rings. The third-order valence-corrected chi connectivity index (χ3v) is 9.35. The molecule has 6 nitrogen and oxygen atoms in total. The number of hydrogen-bond acceptors (Lipinski definition) is 5. The Hall–Kier alpha value is -2.23. The van der Waals surface area contributed by atoms with Gasteiger partial charge in [-0.1, -0.05) is 41.4 Å². The van der Waals surface area contributed by atoms with Gasteiger partial charge in [-0.2, -0.15) is 4.31 Å². The number of nitrogens with zero attached hydrogens (tertiary/aromatic N) is 1. The van der Waals surface area contributed by atoms with E-state index in [1.165, 1.54) is 21.7 Å². The molecule has 1 aliphatic heterocycles. The van der Waals surface area contributed by atoms with Crippen LogP contribution in [0.3, 0.4) is 0 Å². The second kappa shape index (κ2) is 9.95. The van der Waals surface area contributed by atoms with Crippen LogP contribution in [0.5, 0.6) is 0 Å². The minimum atomic E-state index is -3.54. The predicted octanol–water partition coefficient (Wildman–Crippen LogP) is 5.33. The van der Waals surface area contributed by atoms with Crippen molar-refractivity contribution < 1.29 is 18.0 Å². The van der Waals surface area contributed by atoms with Crippen LogP contribution in [0.25, 0.3) is 0 Å². The first-order valence-electron chi connectivity index (χ1n) is 10.2. The second-order valence-corrected chi connectivity index (χ2v) is 11.6. The van der Waals surface area contributed by atoms with Gasteiger partial charge in [-0.05, 0) is 54.6 Å². The van der Waals surface area contributed by atoms with Crippen molar-refractivity contribution in [1.82, 2.24) is 4.31 Å². The van der Waals surface area contributed by atoms with Crippen molar-refractivity contribution in [3.05, 3.63) is 81.1 Å². The van der Waals surface area contributed by atoms with E-state index in [2.05, 4.69) is 5.32 Å². The van der Waals surface area contributed by atoms with Crippen LogP contribution in [-0.4, -0.2) is 37.5 Å². The van der Waals surface area contributed by atoms with Crippen molar-refractivity contribution in [2.75, 3.05) is 18.4 Å². The average Bonchev–Trinajstić information content (AvgIpc) is 3.36. The number of halogens is 2. The lowest BCUT2D eigenvalue weighted by Gasteiger charge is -2.30. The SMILES string of the molecule is O=C(c1ccccc1Cl)c1cc(Cl)ccc1NC(=O)C1CCN(S(=O)(=O)c2cccs2)CC1. The molecule has 3 aromatic rings. The highest BCUT2D eigenvalue weighted by atomic mass is 35.5. The zero-order valence-electron chi connectivity index (χ0n) is 17.3. The highest BCUT2D eigenvalue weighted by Crippen LogP contribution is 2.29. The molecule has 1 aromatic heterocycles. The molecule has 1 amide bonds. The fraction of sp³-hybridized carbons (Fsp3) is 0.217. The molecule has 2 heterocycles. The summed E-state index contributed by atoms with van der Waals surface area (Å²) in [6.45, 7) is 0.509. The van der Waals surface area contributed by atoms with E-state index in [4.69, 9.17) is 23.2 Å². The highest BCUT2D eigenvalue weighted by molar-refractivity contribution is 7.91. The van der Waals surface area contributed by atoms with E-state index in [9.17, 15) is 18.0 Å². The van der Waals surface area contributed by atoms with Crippen LogP contribution in [0.4, 0.5) is 5.69 Å². The monoisotopic (exact) mass is 522 g/mol. The quantitative estimate of drug-likeness (QED) is 0.443. The van der Waals surface area contributed by atoms with Crippen molar-refractivity contribution in [2.24, 2.45) is 5.92 Å². The van der Waals surface area contributed by atoms with E-state index in [-0.39, 0.29) is 36.3 Å². The highest BCUT2D eigenvalue weighted by Gasteiger charge is 2.33. The standard InChI is InChI=1S/C23H20Cl2N2O4S2/c24-16-7-8-20(18(14-16)22(28)17-4-1-2-5-19(17)25)26-23(29)15-9-11-27(12-10-15)33(30,31)21-6-3-13-32-21/h1-8,13-15H,9-12H2,(H,26,29). The summed E-state index contributed by atoms with van der Waals surface area (Å²) in [6, 6.07) is 14.6. The van der Waals surface area contributed by atoms with Gasteiger partial charge in [0, 0.05) is 35.2 Å². The number of piperidine rings is 1. The van der Waals surface area contributed by atoms with E-state index in [0.29, 0.717) is 38.3 Å². The fourth-order valence-corrected chi connectivity index (χ4v) is 6.74. The maximum Gasteiger partial charge on any atom is 0.252 e. The summed E-state index contributed by atoms with van der Waals surface area (Å²) < 4.78 is 27.1. The van der Waals surface area contributed by atoms with Gasteiger partial charge in [-0.3, -0.25) is 9.59 Å².